The Morgan fingerprint density at radius 3 is 1.44 bits per heavy atom. The highest BCUT2D eigenvalue weighted by atomic mass is 31.2. The second kappa shape index (κ2) is 41.3. The van der Waals surface area contributed by atoms with Gasteiger partial charge in [0.15, 0.2) is 6.10 Å². The number of carbonyl (C=O) groups excluding carboxylic acids is 2. The van der Waals surface area contributed by atoms with Gasteiger partial charge in [-0.3, -0.25) is 18.6 Å². The Balaban J connectivity index is 4.31. The number of quaternary nitrogens is 1. The number of phosphoric acid groups is 1. The van der Waals surface area contributed by atoms with Crippen LogP contribution in [-0.2, 0) is 32.7 Å². The van der Waals surface area contributed by atoms with E-state index in [1.807, 2.05) is 21.1 Å². The van der Waals surface area contributed by atoms with E-state index in [0.29, 0.717) is 17.4 Å². The summed E-state index contributed by atoms with van der Waals surface area (Å²) in [4.78, 5) is 35.4. The second-order valence-electron chi connectivity index (χ2n) is 17.1. The number of hydrogen-bond acceptors (Lipinski definition) is 7. The van der Waals surface area contributed by atoms with Crippen molar-refractivity contribution in [3.63, 3.8) is 0 Å². The van der Waals surface area contributed by atoms with Crippen molar-refractivity contribution in [2.45, 2.75) is 206 Å². The lowest BCUT2D eigenvalue weighted by Gasteiger charge is -2.24. The maximum absolute atomic E-state index is 12.7. The van der Waals surface area contributed by atoms with Crippen molar-refractivity contribution >= 4 is 19.8 Å². The van der Waals surface area contributed by atoms with E-state index in [1.54, 1.807) is 0 Å². The van der Waals surface area contributed by atoms with Crippen LogP contribution in [0.1, 0.15) is 200 Å². The number of rotatable bonds is 43. The second-order valence-corrected chi connectivity index (χ2v) is 18.6. The van der Waals surface area contributed by atoms with Gasteiger partial charge in [-0.2, -0.15) is 0 Å². The Morgan fingerprint density at radius 1 is 0.542 bits per heavy atom. The molecule has 0 heterocycles. The fourth-order valence-electron chi connectivity index (χ4n) is 6.42. The van der Waals surface area contributed by atoms with Crippen molar-refractivity contribution in [3.05, 3.63) is 48.6 Å². The number of esters is 2. The molecule has 0 fully saturated rings. The summed E-state index contributed by atoms with van der Waals surface area (Å²) in [5.41, 5.74) is 0. The monoisotopic (exact) mass is 853 g/mol. The highest BCUT2D eigenvalue weighted by Gasteiger charge is 2.27. The van der Waals surface area contributed by atoms with Gasteiger partial charge in [-0.25, -0.2) is 4.57 Å². The molecule has 0 aliphatic carbocycles. The molecule has 0 aliphatic rings. The van der Waals surface area contributed by atoms with Gasteiger partial charge < -0.3 is 18.9 Å². The van der Waals surface area contributed by atoms with Crippen LogP contribution in [0.15, 0.2) is 48.6 Å². The molecule has 0 spiro atoms. The third-order valence-corrected chi connectivity index (χ3v) is 11.1. The first kappa shape index (κ1) is 57.0. The highest BCUT2D eigenvalue weighted by molar-refractivity contribution is 7.47. The first-order valence-electron chi connectivity index (χ1n) is 23.9. The van der Waals surface area contributed by atoms with Crippen LogP contribution in [0.3, 0.4) is 0 Å². The molecule has 2 atom stereocenters. The topological polar surface area (TPSA) is 108 Å². The number of allylic oxidation sites excluding steroid dienone is 8. The van der Waals surface area contributed by atoms with Gasteiger partial charge in [0.2, 0.25) is 0 Å². The summed E-state index contributed by atoms with van der Waals surface area (Å²) >= 11 is 0. The Hall–Kier alpha value is -2.03. The standard InChI is InChI=1S/C49H90NO8P/c1-6-8-10-12-14-16-18-20-22-23-24-25-26-28-29-31-33-35-37-39-41-48(51)55-45-47(46-57-59(53,54)56-44-43-50(3,4)5)58-49(52)42-40-38-36-34-32-30-27-21-19-17-15-13-11-9-7-2/h9,11,15,17,21,27,32,34,47H,6-8,10,12-14,16,18-20,22-26,28-31,33,35-46H2,1-5H3/p+1/b11-9-,17-15-,27-21-,34-32-. The average Bonchev–Trinajstić information content (AvgIpc) is 3.19. The molecular weight excluding hydrogens is 762 g/mol. The molecule has 0 saturated carbocycles. The van der Waals surface area contributed by atoms with Crippen LogP contribution in [0.4, 0.5) is 0 Å². The summed E-state index contributed by atoms with van der Waals surface area (Å²) in [6.07, 6.45) is 48.8. The van der Waals surface area contributed by atoms with E-state index in [0.717, 1.165) is 57.8 Å². The van der Waals surface area contributed by atoms with Gasteiger partial charge in [-0.05, 0) is 51.4 Å². The van der Waals surface area contributed by atoms with Crippen LogP contribution >= 0.6 is 7.82 Å². The maximum atomic E-state index is 12.7. The third-order valence-electron chi connectivity index (χ3n) is 10.1. The molecule has 0 aromatic rings. The number of hydrogen-bond donors (Lipinski definition) is 1. The van der Waals surface area contributed by atoms with E-state index >= 15 is 0 Å². The molecule has 0 aliphatic heterocycles. The van der Waals surface area contributed by atoms with Crippen LogP contribution in [-0.4, -0.2) is 74.9 Å². The van der Waals surface area contributed by atoms with E-state index in [2.05, 4.69) is 62.5 Å². The molecular formula is C49H91NO8P+. The molecule has 0 radical (unpaired) electrons. The van der Waals surface area contributed by atoms with E-state index in [9.17, 15) is 19.0 Å². The SMILES string of the molecule is CC/C=C\C/C=C\C/C=C\C/C=C\CCCCC(=O)OC(COC(=O)CCCCCCCCCCCCCCCCCCCCCC)COP(=O)(O)OCC[N+](C)(C)C. The lowest BCUT2D eigenvalue weighted by atomic mass is 10.0. The van der Waals surface area contributed by atoms with Gasteiger partial charge in [-0.1, -0.05) is 184 Å². The molecule has 59 heavy (non-hydrogen) atoms. The molecule has 0 rings (SSSR count). The fraction of sp³-hybridized carbons (Fsp3) is 0.796. The van der Waals surface area contributed by atoms with Gasteiger partial charge in [0.1, 0.15) is 19.8 Å². The number of unbranched alkanes of at least 4 members (excludes halogenated alkanes) is 21. The van der Waals surface area contributed by atoms with Gasteiger partial charge >= 0.3 is 19.8 Å². The summed E-state index contributed by atoms with van der Waals surface area (Å²) in [7, 11) is 1.45. The largest absolute Gasteiger partial charge is 0.472 e. The van der Waals surface area contributed by atoms with E-state index in [1.165, 1.54) is 109 Å². The summed E-state index contributed by atoms with van der Waals surface area (Å²) in [6.45, 7) is 4.28. The van der Waals surface area contributed by atoms with Crippen molar-refractivity contribution < 1.29 is 42.1 Å². The van der Waals surface area contributed by atoms with Crippen molar-refractivity contribution in [2.24, 2.45) is 0 Å². The summed E-state index contributed by atoms with van der Waals surface area (Å²) in [5.74, 6) is -0.842. The molecule has 344 valence electrons. The van der Waals surface area contributed by atoms with E-state index in [-0.39, 0.29) is 32.0 Å². The number of ether oxygens (including phenoxy) is 2. The predicted molar refractivity (Wildman–Crippen MR) is 247 cm³/mol. The number of phosphoric ester groups is 1. The zero-order valence-electron chi connectivity index (χ0n) is 38.7. The predicted octanol–water partition coefficient (Wildman–Crippen LogP) is 13.9. The Labute approximate surface area is 363 Å². The number of nitrogens with zero attached hydrogens (tertiary/aromatic N) is 1. The van der Waals surface area contributed by atoms with Gasteiger partial charge in [0, 0.05) is 12.8 Å². The summed E-state index contributed by atoms with van der Waals surface area (Å²) < 4.78 is 34.3. The van der Waals surface area contributed by atoms with Crippen molar-refractivity contribution in [3.8, 4) is 0 Å². The molecule has 9 nitrogen and oxygen atoms in total. The molecule has 0 saturated heterocycles. The molecule has 0 amide bonds. The minimum Gasteiger partial charge on any atom is -0.462 e. The van der Waals surface area contributed by atoms with Crippen molar-refractivity contribution in [2.75, 3.05) is 47.5 Å². The summed E-state index contributed by atoms with van der Waals surface area (Å²) in [6, 6.07) is 0. The average molecular weight is 853 g/mol. The van der Waals surface area contributed by atoms with Crippen LogP contribution < -0.4 is 0 Å². The molecule has 0 aromatic carbocycles. The Morgan fingerprint density at radius 2 is 0.966 bits per heavy atom. The molecule has 0 bridgehead atoms. The van der Waals surface area contributed by atoms with Crippen LogP contribution in [0.2, 0.25) is 0 Å². The van der Waals surface area contributed by atoms with E-state index in [4.69, 9.17) is 18.5 Å². The van der Waals surface area contributed by atoms with Crippen LogP contribution in [0.25, 0.3) is 0 Å². The zero-order chi connectivity index (χ0) is 43.6. The first-order chi connectivity index (χ1) is 28.5. The smallest absolute Gasteiger partial charge is 0.462 e. The minimum atomic E-state index is -4.39. The first-order valence-corrected chi connectivity index (χ1v) is 25.4. The van der Waals surface area contributed by atoms with Crippen LogP contribution in [0.5, 0.6) is 0 Å². The lowest BCUT2D eigenvalue weighted by molar-refractivity contribution is -0.870. The molecule has 0 aromatic heterocycles. The zero-order valence-corrected chi connectivity index (χ0v) is 39.6. The quantitative estimate of drug-likeness (QED) is 0.0212. The molecule has 10 heteroatoms. The highest BCUT2D eigenvalue weighted by Crippen LogP contribution is 2.43. The fourth-order valence-corrected chi connectivity index (χ4v) is 7.16. The third kappa shape index (κ3) is 45.3. The van der Waals surface area contributed by atoms with Gasteiger partial charge in [0.05, 0.1) is 27.7 Å². The number of carbonyl (C=O) groups is 2. The molecule has 1 N–H and O–H groups in total. The van der Waals surface area contributed by atoms with Crippen LogP contribution in [0, 0.1) is 0 Å². The lowest BCUT2D eigenvalue weighted by Crippen LogP contribution is -2.37. The number of likely N-dealkylation sites (N-methyl/N-ethyl adjacent to an activating group) is 1. The summed E-state index contributed by atoms with van der Waals surface area (Å²) in [5, 5.41) is 0. The normalized spacial score (nSPS) is 13.9. The van der Waals surface area contributed by atoms with Crippen molar-refractivity contribution in [1.29, 1.82) is 0 Å². The van der Waals surface area contributed by atoms with Gasteiger partial charge in [-0.15, -0.1) is 0 Å². The van der Waals surface area contributed by atoms with E-state index < -0.39 is 26.5 Å². The van der Waals surface area contributed by atoms with Gasteiger partial charge in [0.25, 0.3) is 0 Å². The Kier molecular flexibility index (Phi) is 39.9. The Bertz CT molecular complexity index is 1150. The minimum absolute atomic E-state index is 0.0233. The molecule has 2 unspecified atom stereocenters. The van der Waals surface area contributed by atoms with Crippen molar-refractivity contribution in [1.82, 2.24) is 0 Å². The maximum Gasteiger partial charge on any atom is 0.472 e.